The number of rotatable bonds is 6. The van der Waals surface area contributed by atoms with Crippen molar-refractivity contribution in [1.29, 1.82) is 0 Å². The number of thiophene rings is 1. The van der Waals surface area contributed by atoms with E-state index in [4.69, 9.17) is 0 Å². The average Bonchev–Trinajstić information content (AvgIpc) is 3.29. The fourth-order valence-corrected chi connectivity index (χ4v) is 4.22. The maximum atomic E-state index is 13.1. The first-order valence-corrected chi connectivity index (χ1v) is 9.20. The molecule has 0 bridgehead atoms. The molecule has 3 rings (SSSR count). The molecule has 0 aliphatic carbocycles. The summed E-state index contributed by atoms with van der Waals surface area (Å²) in [5, 5.41) is 13.0. The lowest BCUT2D eigenvalue weighted by molar-refractivity contribution is -0.132. The summed E-state index contributed by atoms with van der Waals surface area (Å²) in [6.45, 7) is 2.26. The van der Waals surface area contributed by atoms with Gasteiger partial charge in [-0.05, 0) is 57.5 Å². The van der Waals surface area contributed by atoms with E-state index in [0.717, 1.165) is 25.9 Å². The van der Waals surface area contributed by atoms with Gasteiger partial charge in [0, 0.05) is 23.8 Å². The molecule has 6 nitrogen and oxygen atoms in total. The van der Waals surface area contributed by atoms with Gasteiger partial charge in [0.25, 0.3) is 0 Å². The molecule has 130 valence electrons. The molecular formula is C17H25N5OS. The number of hydrogen-bond acceptors (Lipinski definition) is 5. The zero-order chi connectivity index (χ0) is 17.0. The fourth-order valence-electron chi connectivity index (χ4n) is 3.29. The Bertz CT molecular complexity index is 632. The van der Waals surface area contributed by atoms with Crippen molar-refractivity contribution in [2.45, 2.75) is 24.4 Å². The SMILES string of the molecule is CN(C)C(CNC(=O)C1(n2cccn2)CCNCC1)c1cccs1. The van der Waals surface area contributed by atoms with Gasteiger partial charge < -0.3 is 15.5 Å². The topological polar surface area (TPSA) is 62.2 Å². The van der Waals surface area contributed by atoms with E-state index in [-0.39, 0.29) is 11.9 Å². The highest BCUT2D eigenvalue weighted by molar-refractivity contribution is 7.10. The molecule has 1 atom stereocenters. The van der Waals surface area contributed by atoms with Gasteiger partial charge in [-0.15, -0.1) is 11.3 Å². The van der Waals surface area contributed by atoms with E-state index in [1.807, 2.05) is 31.0 Å². The number of hydrogen-bond donors (Lipinski definition) is 2. The van der Waals surface area contributed by atoms with Crippen LogP contribution < -0.4 is 10.6 Å². The van der Waals surface area contributed by atoms with Crippen LogP contribution >= 0.6 is 11.3 Å². The second-order valence-electron chi connectivity index (χ2n) is 6.44. The van der Waals surface area contributed by atoms with E-state index in [1.54, 1.807) is 17.5 Å². The Hall–Kier alpha value is -1.70. The molecule has 1 aliphatic rings. The van der Waals surface area contributed by atoms with Crippen LogP contribution in [0.1, 0.15) is 23.8 Å². The summed E-state index contributed by atoms with van der Waals surface area (Å²) >= 11 is 1.72. The van der Waals surface area contributed by atoms with Crippen molar-refractivity contribution in [2.75, 3.05) is 33.7 Å². The van der Waals surface area contributed by atoms with Gasteiger partial charge in [-0.1, -0.05) is 6.07 Å². The van der Waals surface area contributed by atoms with E-state index < -0.39 is 5.54 Å². The number of carbonyl (C=O) groups is 1. The molecule has 0 spiro atoms. The van der Waals surface area contributed by atoms with Gasteiger partial charge >= 0.3 is 0 Å². The lowest BCUT2D eigenvalue weighted by atomic mass is 9.87. The van der Waals surface area contributed by atoms with Crippen LogP contribution in [0.3, 0.4) is 0 Å². The Kier molecular flexibility index (Phi) is 5.33. The van der Waals surface area contributed by atoms with Crippen LogP contribution in [0.4, 0.5) is 0 Å². The Morgan fingerprint density at radius 3 is 2.83 bits per heavy atom. The second-order valence-corrected chi connectivity index (χ2v) is 7.42. The minimum absolute atomic E-state index is 0.0658. The zero-order valence-corrected chi connectivity index (χ0v) is 15.1. The van der Waals surface area contributed by atoms with Crippen LogP contribution in [0, 0.1) is 0 Å². The smallest absolute Gasteiger partial charge is 0.248 e. The minimum atomic E-state index is -0.582. The third-order valence-electron chi connectivity index (χ3n) is 4.75. The van der Waals surface area contributed by atoms with E-state index >= 15 is 0 Å². The maximum Gasteiger partial charge on any atom is 0.248 e. The summed E-state index contributed by atoms with van der Waals surface area (Å²) in [7, 11) is 4.09. The standard InChI is InChI=1S/C17H25N5OS/c1-21(2)14(15-5-3-12-24-15)13-19-16(23)17(6-9-18-10-7-17)22-11-4-8-20-22/h3-5,8,11-12,14,18H,6-7,9-10,13H2,1-2H3,(H,19,23). The first kappa shape index (κ1) is 17.1. The number of likely N-dealkylation sites (N-methyl/N-ethyl adjacent to an activating group) is 1. The summed E-state index contributed by atoms with van der Waals surface area (Å²) in [5.74, 6) is 0.0658. The van der Waals surface area contributed by atoms with Gasteiger partial charge in [-0.25, -0.2) is 0 Å². The number of aromatic nitrogens is 2. The van der Waals surface area contributed by atoms with Crippen molar-refractivity contribution in [3.8, 4) is 0 Å². The predicted octanol–water partition coefficient (Wildman–Crippen LogP) is 1.44. The quantitative estimate of drug-likeness (QED) is 0.830. The number of carbonyl (C=O) groups excluding carboxylic acids is 1. The lowest BCUT2D eigenvalue weighted by Gasteiger charge is -2.37. The lowest BCUT2D eigenvalue weighted by Crippen LogP contribution is -2.55. The Labute approximate surface area is 146 Å². The fraction of sp³-hybridized carbons (Fsp3) is 0.529. The number of nitrogens with one attached hydrogen (secondary N) is 2. The molecule has 7 heteroatoms. The molecular weight excluding hydrogens is 322 g/mol. The van der Waals surface area contributed by atoms with Crippen molar-refractivity contribution < 1.29 is 4.79 Å². The molecule has 0 saturated carbocycles. The highest BCUT2D eigenvalue weighted by Gasteiger charge is 2.42. The second kappa shape index (κ2) is 7.46. The molecule has 2 N–H and O–H groups in total. The van der Waals surface area contributed by atoms with E-state index in [1.165, 1.54) is 4.88 Å². The predicted molar refractivity (Wildman–Crippen MR) is 96.1 cm³/mol. The average molecular weight is 347 g/mol. The first-order valence-electron chi connectivity index (χ1n) is 8.32. The van der Waals surface area contributed by atoms with Gasteiger partial charge in [0.15, 0.2) is 0 Å². The summed E-state index contributed by atoms with van der Waals surface area (Å²) < 4.78 is 1.83. The summed E-state index contributed by atoms with van der Waals surface area (Å²) in [4.78, 5) is 16.5. The van der Waals surface area contributed by atoms with Gasteiger partial charge in [-0.3, -0.25) is 9.48 Å². The number of amides is 1. The molecule has 1 aliphatic heterocycles. The number of piperidine rings is 1. The molecule has 0 aromatic carbocycles. The van der Waals surface area contributed by atoms with Gasteiger partial charge in [-0.2, -0.15) is 5.10 Å². The van der Waals surface area contributed by atoms with E-state index in [9.17, 15) is 4.79 Å². The zero-order valence-electron chi connectivity index (χ0n) is 14.2. The van der Waals surface area contributed by atoms with Gasteiger partial charge in [0.1, 0.15) is 5.54 Å². The molecule has 0 radical (unpaired) electrons. The van der Waals surface area contributed by atoms with Crippen LogP contribution in [0.25, 0.3) is 0 Å². The van der Waals surface area contributed by atoms with E-state index in [2.05, 4.69) is 38.1 Å². The third-order valence-corrected chi connectivity index (χ3v) is 5.72. The normalized spacial score (nSPS) is 18.5. The summed E-state index contributed by atoms with van der Waals surface area (Å²) in [6, 6.07) is 6.24. The molecule has 1 unspecified atom stereocenters. The summed E-state index contributed by atoms with van der Waals surface area (Å²) in [6.07, 6.45) is 5.15. The molecule has 3 heterocycles. The Morgan fingerprint density at radius 1 is 1.46 bits per heavy atom. The number of nitrogens with zero attached hydrogens (tertiary/aromatic N) is 3. The van der Waals surface area contributed by atoms with Crippen LogP contribution in [0.5, 0.6) is 0 Å². The van der Waals surface area contributed by atoms with Crippen molar-refractivity contribution in [3.63, 3.8) is 0 Å². The van der Waals surface area contributed by atoms with Gasteiger partial charge in [0.05, 0.1) is 6.04 Å². The summed E-state index contributed by atoms with van der Waals surface area (Å²) in [5.41, 5.74) is -0.582. The molecule has 2 aromatic heterocycles. The van der Waals surface area contributed by atoms with Crippen LogP contribution in [-0.2, 0) is 10.3 Å². The van der Waals surface area contributed by atoms with E-state index in [0.29, 0.717) is 6.54 Å². The van der Waals surface area contributed by atoms with Crippen molar-refractivity contribution in [2.24, 2.45) is 0 Å². The van der Waals surface area contributed by atoms with Crippen molar-refractivity contribution in [3.05, 3.63) is 40.8 Å². The molecule has 1 saturated heterocycles. The largest absolute Gasteiger partial charge is 0.352 e. The molecule has 1 fully saturated rings. The van der Waals surface area contributed by atoms with Crippen LogP contribution in [0.2, 0.25) is 0 Å². The minimum Gasteiger partial charge on any atom is -0.352 e. The van der Waals surface area contributed by atoms with Crippen molar-refractivity contribution in [1.82, 2.24) is 25.3 Å². The Balaban J connectivity index is 1.74. The maximum absolute atomic E-state index is 13.1. The highest BCUT2D eigenvalue weighted by Crippen LogP contribution is 2.28. The highest BCUT2D eigenvalue weighted by atomic mass is 32.1. The third kappa shape index (κ3) is 3.38. The first-order chi connectivity index (χ1) is 11.6. The molecule has 2 aromatic rings. The van der Waals surface area contributed by atoms with Gasteiger partial charge in [0.2, 0.25) is 5.91 Å². The Morgan fingerprint density at radius 2 is 2.25 bits per heavy atom. The van der Waals surface area contributed by atoms with Crippen molar-refractivity contribution >= 4 is 17.2 Å². The van der Waals surface area contributed by atoms with Crippen LogP contribution in [-0.4, -0.2) is 54.3 Å². The molecule has 24 heavy (non-hydrogen) atoms. The van der Waals surface area contributed by atoms with Crippen LogP contribution in [0.15, 0.2) is 36.0 Å². The molecule has 1 amide bonds. The monoisotopic (exact) mass is 347 g/mol.